The van der Waals surface area contributed by atoms with E-state index in [9.17, 15) is 0 Å². The lowest BCUT2D eigenvalue weighted by Crippen LogP contribution is -2.13. The van der Waals surface area contributed by atoms with Crippen LogP contribution in [0.25, 0.3) is 5.57 Å². The Hall–Kier alpha value is -0.560. The topological polar surface area (TPSA) is 0 Å². The summed E-state index contributed by atoms with van der Waals surface area (Å²) in [5.74, 6) is 0. The predicted molar refractivity (Wildman–Crippen MR) is 65.1 cm³/mol. The quantitative estimate of drug-likeness (QED) is 0.588. The molecule has 0 atom stereocenters. The molecule has 0 bridgehead atoms. The zero-order chi connectivity index (χ0) is 10.7. The van der Waals surface area contributed by atoms with E-state index in [2.05, 4.69) is 41.5 Å². The fourth-order valence-corrected chi connectivity index (χ4v) is 3.72. The van der Waals surface area contributed by atoms with Gasteiger partial charge in [0.2, 0.25) is 0 Å². The molecule has 1 heteroatoms. The van der Waals surface area contributed by atoms with E-state index in [0.29, 0.717) is 0 Å². The highest BCUT2D eigenvalue weighted by atomic mass is 32.1. The maximum absolute atomic E-state index is 2.34. The lowest BCUT2D eigenvalue weighted by Gasteiger charge is -2.20. The van der Waals surface area contributed by atoms with Gasteiger partial charge in [0.25, 0.3) is 0 Å². The van der Waals surface area contributed by atoms with Gasteiger partial charge in [-0.25, -0.2) is 0 Å². The molecule has 14 heavy (non-hydrogen) atoms. The Balaban J connectivity index is 2.79. The van der Waals surface area contributed by atoms with E-state index < -0.39 is 0 Å². The minimum absolute atomic E-state index is 0.267. The Kier molecular flexibility index (Phi) is 1.94. The Morgan fingerprint density at radius 2 is 1.57 bits per heavy atom. The highest BCUT2D eigenvalue weighted by molar-refractivity contribution is 7.12. The SMILES string of the molecule is CC1=C(C)C(C)(C)c2sc(C)c(C)c21. The molecular weight excluding hydrogens is 188 g/mol. The molecule has 0 amide bonds. The Labute approximate surface area is 90.7 Å². The van der Waals surface area contributed by atoms with Gasteiger partial charge in [-0.2, -0.15) is 0 Å². The zero-order valence-electron chi connectivity index (χ0n) is 9.91. The third kappa shape index (κ3) is 0.993. The number of fused-ring (bicyclic) bond motifs is 1. The van der Waals surface area contributed by atoms with E-state index in [0.717, 1.165) is 0 Å². The van der Waals surface area contributed by atoms with Crippen molar-refractivity contribution in [3.05, 3.63) is 26.5 Å². The van der Waals surface area contributed by atoms with Crippen LogP contribution in [0.2, 0.25) is 0 Å². The third-order valence-corrected chi connectivity index (χ3v) is 5.36. The third-order valence-electron chi connectivity index (χ3n) is 3.83. The minimum Gasteiger partial charge on any atom is -0.144 e. The van der Waals surface area contributed by atoms with Crippen LogP contribution in [-0.4, -0.2) is 0 Å². The van der Waals surface area contributed by atoms with Crippen molar-refractivity contribution in [1.29, 1.82) is 0 Å². The average molecular weight is 206 g/mol. The first-order chi connectivity index (χ1) is 6.37. The maximum Gasteiger partial charge on any atom is 0.0223 e. The van der Waals surface area contributed by atoms with Crippen molar-refractivity contribution in [3.63, 3.8) is 0 Å². The Bertz CT molecular complexity index is 430. The number of rotatable bonds is 0. The van der Waals surface area contributed by atoms with Gasteiger partial charge in [-0.05, 0) is 44.4 Å². The van der Waals surface area contributed by atoms with E-state index in [1.807, 2.05) is 11.3 Å². The van der Waals surface area contributed by atoms with Crippen LogP contribution in [0, 0.1) is 13.8 Å². The highest BCUT2D eigenvalue weighted by Gasteiger charge is 2.36. The van der Waals surface area contributed by atoms with E-state index in [-0.39, 0.29) is 5.41 Å². The smallest absolute Gasteiger partial charge is 0.0223 e. The van der Waals surface area contributed by atoms with Crippen molar-refractivity contribution in [2.75, 3.05) is 0 Å². The molecule has 0 fully saturated rings. The molecular formula is C13H18S. The van der Waals surface area contributed by atoms with E-state index in [1.165, 1.54) is 21.6 Å². The molecule has 1 aromatic heterocycles. The average Bonchev–Trinajstić information content (AvgIpc) is 2.48. The monoisotopic (exact) mass is 206 g/mol. The second-order valence-electron chi connectivity index (χ2n) is 4.86. The summed E-state index contributed by atoms with van der Waals surface area (Å²) < 4.78 is 0. The molecule has 0 spiro atoms. The summed E-state index contributed by atoms with van der Waals surface area (Å²) in [5.41, 5.74) is 6.35. The fraction of sp³-hybridized carbons (Fsp3) is 0.538. The first-order valence-corrected chi connectivity index (χ1v) is 5.97. The largest absolute Gasteiger partial charge is 0.144 e. The first-order valence-electron chi connectivity index (χ1n) is 5.16. The van der Waals surface area contributed by atoms with Gasteiger partial charge in [0, 0.05) is 15.2 Å². The summed E-state index contributed by atoms with van der Waals surface area (Å²) in [6.45, 7) is 13.7. The second-order valence-corrected chi connectivity index (χ2v) is 6.09. The minimum atomic E-state index is 0.267. The second kappa shape index (κ2) is 2.73. The lowest BCUT2D eigenvalue weighted by molar-refractivity contribution is 0.652. The van der Waals surface area contributed by atoms with Crippen molar-refractivity contribution >= 4 is 16.9 Å². The van der Waals surface area contributed by atoms with Crippen molar-refractivity contribution in [3.8, 4) is 0 Å². The molecule has 0 aromatic carbocycles. The van der Waals surface area contributed by atoms with Crippen molar-refractivity contribution in [1.82, 2.24) is 0 Å². The maximum atomic E-state index is 2.34. The van der Waals surface area contributed by atoms with Crippen LogP contribution in [0.3, 0.4) is 0 Å². The summed E-state index contributed by atoms with van der Waals surface area (Å²) in [6, 6.07) is 0. The van der Waals surface area contributed by atoms with Crippen LogP contribution in [0.1, 0.15) is 48.6 Å². The molecule has 0 aliphatic heterocycles. The van der Waals surface area contributed by atoms with Gasteiger partial charge in [0.1, 0.15) is 0 Å². The standard InChI is InChI=1S/C13H18S/c1-7-9(3)13(5,6)12-11(7)8(2)10(4)14-12/h1-6H3. The number of aryl methyl sites for hydroxylation is 1. The van der Waals surface area contributed by atoms with Gasteiger partial charge >= 0.3 is 0 Å². The van der Waals surface area contributed by atoms with Gasteiger partial charge in [-0.1, -0.05) is 19.4 Å². The highest BCUT2D eigenvalue weighted by Crippen LogP contribution is 2.51. The van der Waals surface area contributed by atoms with Crippen LogP contribution in [0.4, 0.5) is 0 Å². The normalized spacial score (nSPS) is 19.0. The van der Waals surface area contributed by atoms with E-state index in [1.54, 1.807) is 10.5 Å². The lowest BCUT2D eigenvalue weighted by atomic mass is 9.87. The first kappa shape index (κ1) is 9.97. The molecule has 0 N–H and O–H groups in total. The summed E-state index contributed by atoms with van der Waals surface area (Å²) >= 11 is 1.98. The van der Waals surface area contributed by atoms with Gasteiger partial charge in [-0.15, -0.1) is 11.3 Å². The zero-order valence-corrected chi connectivity index (χ0v) is 10.7. The molecule has 0 radical (unpaired) electrons. The van der Waals surface area contributed by atoms with E-state index >= 15 is 0 Å². The number of hydrogen-bond donors (Lipinski definition) is 0. The van der Waals surface area contributed by atoms with Gasteiger partial charge in [0.15, 0.2) is 0 Å². The molecule has 76 valence electrons. The molecule has 0 nitrogen and oxygen atoms in total. The summed E-state index contributed by atoms with van der Waals surface area (Å²) in [7, 11) is 0. The molecule has 0 saturated carbocycles. The van der Waals surface area contributed by atoms with Gasteiger partial charge in [0.05, 0.1) is 0 Å². The van der Waals surface area contributed by atoms with Crippen LogP contribution in [0.5, 0.6) is 0 Å². The van der Waals surface area contributed by atoms with Crippen molar-refractivity contribution < 1.29 is 0 Å². The molecule has 1 aliphatic carbocycles. The Morgan fingerprint density at radius 3 is 2.07 bits per heavy atom. The molecule has 2 rings (SSSR count). The number of thiophene rings is 1. The number of allylic oxidation sites excluding steroid dienone is 2. The van der Waals surface area contributed by atoms with Crippen LogP contribution in [0.15, 0.2) is 5.57 Å². The molecule has 1 aliphatic rings. The molecule has 1 heterocycles. The molecule has 0 unspecified atom stereocenters. The molecule has 0 saturated heterocycles. The number of hydrogen-bond acceptors (Lipinski definition) is 1. The van der Waals surface area contributed by atoms with Crippen molar-refractivity contribution in [2.45, 2.75) is 47.0 Å². The Morgan fingerprint density at radius 1 is 1.00 bits per heavy atom. The summed E-state index contributed by atoms with van der Waals surface area (Å²) in [4.78, 5) is 3.05. The summed E-state index contributed by atoms with van der Waals surface area (Å²) in [5, 5.41) is 0. The van der Waals surface area contributed by atoms with Gasteiger partial charge < -0.3 is 0 Å². The predicted octanol–water partition coefficient (Wildman–Crippen LogP) is 4.45. The molecule has 1 aromatic rings. The van der Waals surface area contributed by atoms with Crippen molar-refractivity contribution in [2.24, 2.45) is 0 Å². The van der Waals surface area contributed by atoms with E-state index in [4.69, 9.17) is 0 Å². The fourth-order valence-electron chi connectivity index (χ4n) is 2.35. The van der Waals surface area contributed by atoms with Crippen LogP contribution in [-0.2, 0) is 5.41 Å². The van der Waals surface area contributed by atoms with Gasteiger partial charge in [-0.3, -0.25) is 0 Å². The van der Waals surface area contributed by atoms with Crippen LogP contribution >= 0.6 is 11.3 Å². The summed E-state index contributed by atoms with van der Waals surface area (Å²) in [6.07, 6.45) is 0. The van der Waals surface area contributed by atoms with Crippen LogP contribution < -0.4 is 0 Å².